The number of hydrogen-bond acceptors (Lipinski definition) is 2. The molecule has 0 aliphatic heterocycles. The van der Waals surface area contributed by atoms with Crippen LogP contribution in [0.3, 0.4) is 0 Å². The molecule has 5 rings (SSSR count). The van der Waals surface area contributed by atoms with Gasteiger partial charge in [-0.15, -0.1) is 0 Å². The molecule has 1 unspecified atom stereocenters. The Morgan fingerprint density at radius 2 is 1.75 bits per heavy atom. The van der Waals surface area contributed by atoms with Crippen molar-refractivity contribution < 1.29 is 9.53 Å². The first-order valence-electron chi connectivity index (χ1n) is 13.3. The fourth-order valence-electron chi connectivity index (χ4n) is 6.18. The van der Waals surface area contributed by atoms with Gasteiger partial charge in [-0.25, -0.2) is 4.79 Å². The average molecular weight is 477 g/mol. The van der Waals surface area contributed by atoms with Gasteiger partial charge in [0.05, 0.1) is 12.7 Å². The number of esters is 1. The van der Waals surface area contributed by atoms with Crippen LogP contribution in [0.4, 0.5) is 0 Å². The van der Waals surface area contributed by atoms with E-state index in [1.54, 1.807) is 0 Å². The number of methoxy groups -OCH3 is 1. The summed E-state index contributed by atoms with van der Waals surface area (Å²) in [6, 6.07) is 30.7. The summed E-state index contributed by atoms with van der Waals surface area (Å²) in [5.74, 6) is 1.26. The van der Waals surface area contributed by atoms with Crippen molar-refractivity contribution in [3.8, 4) is 0 Å². The van der Waals surface area contributed by atoms with Gasteiger partial charge in [0.15, 0.2) is 0 Å². The highest BCUT2D eigenvalue weighted by atomic mass is 16.5. The molecule has 0 spiro atoms. The normalized spacial score (nSPS) is 18.0. The summed E-state index contributed by atoms with van der Waals surface area (Å²) in [4.78, 5) is 12.4. The Morgan fingerprint density at radius 1 is 0.972 bits per heavy atom. The monoisotopic (exact) mass is 476 g/mol. The van der Waals surface area contributed by atoms with Gasteiger partial charge in [-0.2, -0.15) is 0 Å². The van der Waals surface area contributed by atoms with Gasteiger partial charge < -0.3 is 4.74 Å². The average Bonchev–Trinajstić information content (AvgIpc) is 2.92. The highest BCUT2D eigenvalue weighted by Crippen LogP contribution is 2.42. The molecule has 4 aromatic rings. The quantitative estimate of drug-likeness (QED) is 0.250. The minimum Gasteiger partial charge on any atom is -0.465 e. The van der Waals surface area contributed by atoms with E-state index in [1.807, 2.05) is 6.92 Å². The Bertz CT molecular complexity index is 1360. The summed E-state index contributed by atoms with van der Waals surface area (Å²) in [5, 5.41) is 2.72. The van der Waals surface area contributed by atoms with Crippen LogP contribution in [0.5, 0.6) is 0 Å². The van der Waals surface area contributed by atoms with E-state index in [4.69, 9.17) is 4.74 Å². The first kappa shape index (κ1) is 24.3. The van der Waals surface area contributed by atoms with Crippen molar-refractivity contribution >= 4 is 16.7 Å². The number of benzene rings is 4. The second kappa shape index (κ2) is 10.7. The Morgan fingerprint density at radius 3 is 2.61 bits per heavy atom. The fourth-order valence-corrected chi connectivity index (χ4v) is 6.18. The molecule has 184 valence electrons. The topological polar surface area (TPSA) is 26.3 Å². The van der Waals surface area contributed by atoms with Crippen LogP contribution in [-0.4, -0.2) is 13.1 Å². The first-order chi connectivity index (χ1) is 17.5. The number of carbonyl (C=O) groups excluding carboxylic acids is 1. The van der Waals surface area contributed by atoms with Crippen molar-refractivity contribution in [2.45, 2.75) is 57.8 Å². The van der Waals surface area contributed by atoms with E-state index in [0.29, 0.717) is 23.3 Å². The van der Waals surface area contributed by atoms with Crippen LogP contribution in [0.25, 0.3) is 10.8 Å². The third-order valence-electron chi connectivity index (χ3n) is 8.18. The van der Waals surface area contributed by atoms with Gasteiger partial charge in [0, 0.05) is 5.92 Å². The van der Waals surface area contributed by atoms with Crippen LogP contribution < -0.4 is 0 Å². The second-order valence-corrected chi connectivity index (χ2v) is 10.5. The van der Waals surface area contributed by atoms with E-state index in [0.717, 1.165) is 18.4 Å². The minimum atomic E-state index is -0.252. The van der Waals surface area contributed by atoms with Crippen molar-refractivity contribution in [1.29, 1.82) is 0 Å². The zero-order chi connectivity index (χ0) is 25.1. The number of carbonyl (C=O) groups is 1. The van der Waals surface area contributed by atoms with Crippen LogP contribution in [0.1, 0.15) is 82.6 Å². The summed E-state index contributed by atoms with van der Waals surface area (Å²) in [6.07, 6.45) is 5.93. The van der Waals surface area contributed by atoms with E-state index in [9.17, 15) is 4.79 Å². The van der Waals surface area contributed by atoms with Crippen LogP contribution in [0, 0.1) is 12.8 Å². The molecule has 0 saturated heterocycles. The number of ether oxygens (including phenoxy) is 1. The molecule has 1 aliphatic rings. The molecule has 0 saturated carbocycles. The van der Waals surface area contributed by atoms with E-state index in [1.165, 1.54) is 59.4 Å². The SMILES string of the molecule is COC(=O)c1cc(C2C[C@H](CCC[C@H](C)c3cccc4ccccc34)Cc3ccccc32)ccc1C. The van der Waals surface area contributed by atoms with Gasteiger partial charge in [0.1, 0.15) is 0 Å². The highest BCUT2D eigenvalue weighted by Gasteiger charge is 2.28. The third-order valence-corrected chi connectivity index (χ3v) is 8.18. The maximum absolute atomic E-state index is 12.4. The lowest BCUT2D eigenvalue weighted by molar-refractivity contribution is 0.0599. The first-order valence-corrected chi connectivity index (χ1v) is 13.3. The maximum Gasteiger partial charge on any atom is 0.338 e. The molecular weight excluding hydrogens is 440 g/mol. The predicted molar refractivity (Wildman–Crippen MR) is 149 cm³/mol. The molecular formula is C34H36O2. The molecule has 0 aromatic heterocycles. The van der Waals surface area contributed by atoms with Gasteiger partial charge in [0.2, 0.25) is 0 Å². The molecule has 0 heterocycles. The summed E-state index contributed by atoms with van der Waals surface area (Å²) >= 11 is 0. The van der Waals surface area contributed by atoms with Crippen LogP contribution in [-0.2, 0) is 11.2 Å². The summed E-state index contributed by atoms with van der Waals surface area (Å²) in [5.41, 5.74) is 7.21. The predicted octanol–water partition coefficient (Wildman–Crippen LogP) is 8.60. The Hall–Kier alpha value is -3.39. The molecule has 0 N–H and O–H groups in total. The van der Waals surface area contributed by atoms with Crippen molar-refractivity contribution in [3.63, 3.8) is 0 Å². The van der Waals surface area contributed by atoms with E-state index < -0.39 is 0 Å². The van der Waals surface area contributed by atoms with Crippen molar-refractivity contribution in [2.24, 2.45) is 5.92 Å². The lowest BCUT2D eigenvalue weighted by Gasteiger charge is -2.32. The molecule has 2 heteroatoms. The zero-order valence-electron chi connectivity index (χ0n) is 21.7. The molecule has 36 heavy (non-hydrogen) atoms. The number of rotatable bonds is 7. The number of fused-ring (bicyclic) bond motifs is 2. The molecule has 0 radical (unpaired) electrons. The molecule has 2 nitrogen and oxygen atoms in total. The van der Waals surface area contributed by atoms with Crippen molar-refractivity contribution in [2.75, 3.05) is 7.11 Å². The standard InChI is InChI=1S/C34H36O2/c1-23(29-17-9-14-26-12-4-6-15-30(26)29)10-8-11-25-20-27-13-5-7-16-31(27)33(21-25)28-19-18-24(2)32(22-28)34(35)36-3/h4-7,9,12-19,22-23,25,33H,8,10-11,20-21H2,1-3H3/t23-,25+,33?/m0/s1. The van der Waals surface area contributed by atoms with Crippen molar-refractivity contribution in [1.82, 2.24) is 0 Å². The maximum atomic E-state index is 12.4. The second-order valence-electron chi connectivity index (χ2n) is 10.5. The minimum absolute atomic E-state index is 0.252. The van der Waals surface area contributed by atoms with Gasteiger partial charge >= 0.3 is 5.97 Å². The molecule has 3 atom stereocenters. The van der Waals surface area contributed by atoms with E-state index >= 15 is 0 Å². The molecule has 4 aromatic carbocycles. The van der Waals surface area contributed by atoms with Gasteiger partial charge in [-0.1, -0.05) is 98.6 Å². The molecule has 0 fully saturated rings. The summed E-state index contributed by atoms with van der Waals surface area (Å²) in [7, 11) is 1.46. The largest absolute Gasteiger partial charge is 0.465 e. The summed E-state index contributed by atoms with van der Waals surface area (Å²) in [6.45, 7) is 4.35. The lowest BCUT2D eigenvalue weighted by atomic mass is 9.72. The van der Waals surface area contributed by atoms with E-state index in [2.05, 4.69) is 91.9 Å². The fraction of sp³-hybridized carbons (Fsp3) is 0.324. The zero-order valence-corrected chi connectivity index (χ0v) is 21.7. The Balaban J connectivity index is 1.32. The Labute approximate surface area is 215 Å². The van der Waals surface area contributed by atoms with Crippen LogP contribution >= 0.6 is 0 Å². The molecule has 0 amide bonds. The van der Waals surface area contributed by atoms with Crippen LogP contribution in [0.2, 0.25) is 0 Å². The van der Waals surface area contributed by atoms with Gasteiger partial charge in [-0.05, 0) is 82.7 Å². The smallest absolute Gasteiger partial charge is 0.338 e. The lowest BCUT2D eigenvalue weighted by Crippen LogP contribution is -2.20. The summed E-state index contributed by atoms with van der Waals surface area (Å²) < 4.78 is 5.05. The van der Waals surface area contributed by atoms with Crippen LogP contribution in [0.15, 0.2) is 84.9 Å². The molecule has 0 bridgehead atoms. The number of hydrogen-bond donors (Lipinski definition) is 0. The highest BCUT2D eigenvalue weighted by molar-refractivity contribution is 5.91. The van der Waals surface area contributed by atoms with E-state index in [-0.39, 0.29) is 5.97 Å². The van der Waals surface area contributed by atoms with Gasteiger partial charge in [-0.3, -0.25) is 0 Å². The van der Waals surface area contributed by atoms with Gasteiger partial charge in [0.25, 0.3) is 0 Å². The van der Waals surface area contributed by atoms with Crippen molar-refractivity contribution in [3.05, 3.63) is 118 Å². The molecule has 1 aliphatic carbocycles. The number of aryl methyl sites for hydroxylation is 1. The Kier molecular flexibility index (Phi) is 7.23. The third kappa shape index (κ3) is 4.95.